The number of benzene rings is 1. The molecule has 2 aromatic rings. The lowest BCUT2D eigenvalue weighted by molar-refractivity contribution is 0.413. The van der Waals surface area contributed by atoms with Gasteiger partial charge in [0, 0.05) is 17.5 Å². The van der Waals surface area contributed by atoms with Crippen LogP contribution in [-0.2, 0) is 6.54 Å². The van der Waals surface area contributed by atoms with Gasteiger partial charge in [-0.25, -0.2) is 4.39 Å². The van der Waals surface area contributed by atoms with Crippen LogP contribution in [0, 0.1) is 5.82 Å². The van der Waals surface area contributed by atoms with Gasteiger partial charge in [0.2, 0.25) is 0 Å². The van der Waals surface area contributed by atoms with Gasteiger partial charge in [0.25, 0.3) is 0 Å². The van der Waals surface area contributed by atoms with Crippen LogP contribution in [-0.4, -0.2) is 7.11 Å². The van der Waals surface area contributed by atoms with Crippen LogP contribution in [0.3, 0.4) is 0 Å². The first kappa shape index (κ1) is 11.0. The van der Waals surface area contributed by atoms with Crippen molar-refractivity contribution in [2.24, 2.45) is 0 Å². The fraction of sp³-hybridized carbons (Fsp3) is 0.167. The summed E-state index contributed by atoms with van der Waals surface area (Å²) in [6.45, 7) is 0.722. The molecule has 0 saturated carbocycles. The van der Waals surface area contributed by atoms with E-state index >= 15 is 0 Å². The van der Waals surface area contributed by atoms with Crippen LogP contribution < -0.4 is 10.1 Å². The predicted octanol–water partition coefficient (Wildman–Crippen LogP) is 3.51. The van der Waals surface area contributed by atoms with Crippen molar-refractivity contribution in [3.63, 3.8) is 0 Å². The van der Waals surface area contributed by atoms with Crippen molar-refractivity contribution in [1.82, 2.24) is 0 Å². The Morgan fingerprint density at radius 2 is 2.25 bits per heavy atom. The predicted molar refractivity (Wildman–Crippen MR) is 64.6 cm³/mol. The van der Waals surface area contributed by atoms with Crippen molar-refractivity contribution in [1.29, 1.82) is 0 Å². The van der Waals surface area contributed by atoms with E-state index < -0.39 is 0 Å². The van der Waals surface area contributed by atoms with Crippen molar-refractivity contribution >= 4 is 17.0 Å². The minimum atomic E-state index is -0.293. The molecule has 0 fully saturated rings. The quantitative estimate of drug-likeness (QED) is 0.878. The molecule has 1 heterocycles. The van der Waals surface area contributed by atoms with Crippen LogP contribution in [0.1, 0.15) is 4.88 Å². The Bertz CT molecular complexity index is 456. The van der Waals surface area contributed by atoms with Gasteiger partial charge in [0.15, 0.2) is 0 Å². The molecule has 84 valence electrons. The highest BCUT2D eigenvalue weighted by molar-refractivity contribution is 7.09. The molecule has 1 aromatic heterocycles. The van der Waals surface area contributed by atoms with E-state index in [1.54, 1.807) is 17.4 Å². The number of anilines is 1. The minimum absolute atomic E-state index is 0.293. The maximum absolute atomic E-state index is 12.9. The lowest BCUT2D eigenvalue weighted by atomic mass is 10.3. The SMILES string of the molecule is COc1cc(F)ccc1NCc1cccs1. The molecule has 4 heteroatoms. The number of hydrogen-bond donors (Lipinski definition) is 1. The third-order valence-electron chi connectivity index (χ3n) is 2.20. The Labute approximate surface area is 97.7 Å². The molecule has 0 aliphatic heterocycles. The largest absolute Gasteiger partial charge is 0.494 e. The Hall–Kier alpha value is -1.55. The summed E-state index contributed by atoms with van der Waals surface area (Å²) in [5.41, 5.74) is 0.803. The third-order valence-corrected chi connectivity index (χ3v) is 3.07. The average molecular weight is 237 g/mol. The van der Waals surface area contributed by atoms with Crippen LogP contribution in [0.5, 0.6) is 5.75 Å². The fourth-order valence-electron chi connectivity index (χ4n) is 1.41. The van der Waals surface area contributed by atoms with E-state index in [4.69, 9.17) is 4.74 Å². The number of ether oxygens (including phenoxy) is 1. The van der Waals surface area contributed by atoms with Crippen molar-refractivity contribution in [2.45, 2.75) is 6.54 Å². The summed E-state index contributed by atoms with van der Waals surface area (Å²) in [5, 5.41) is 5.24. The number of nitrogens with one attached hydrogen (secondary N) is 1. The Morgan fingerprint density at radius 1 is 1.38 bits per heavy atom. The van der Waals surface area contributed by atoms with Gasteiger partial charge in [0.05, 0.1) is 12.8 Å². The van der Waals surface area contributed by atoms with Gasteiger partial charge in [-0.15, -0.1) is 11.3 Å². The number of methoxy groups -OCH3 is 1. The van der Waals surface area contributed by atoms with E-state index in [0.29, 0.717) is 5.75 Å². The summed E-state index contributed by atoms with van der Waals surface area (Å²) in [5.74, 6) is 0.232. The van der Waals surface area contributed by atoms with E-state index in [9.17, 15) is 4.39 Å². The third kappa shape index (κ3) is 2.52. The number of hydrogen-bond acceptors (Lipinski definition) is 3. The summed E-state index contributed by atoms with van der Waals surface area (Å²) in [6.07, 6.45) is 0. The monoisotopic (exact) mass is 237 g/mol. The number of thiophene rings is 1. The summed E-state index contributed by atoms with van der Waals surface area (Å²) in [6, 6.07) is 8.52. The van der Waals surface area contributed by atoms with Crippen LogP contribution >= 0.6 is 11.3 Å². The van der Waals surface area contributed by atoms with Gasteiger partial charge in [-0.2, -0.15) is 0 Å². The zero-order valence-electron chi connectivity index (χ0n) is 8.87. The molecular formula is C12H12FNOS. The molecule has 0 saturated heterocycles. The van der Waals surface area contributed by atoms with Gasteiger partial charge < -0.3 is 10.1 Å². The maximum Gasteiger partial charge on any atom is 0.144 e. The van der Waals surface area contributed by atoms with Gasteiger partial charge in [-0.1, -0.05) is 6.07 Å². The van der Waals surface area contributed by atoms with Crippen molar-refractivity contribution in [3.05, 3.63) is 46.4 Å². The van der Waals surface area contributed by atoms with Crippen molar-refractivity contribution < 1.29 is 9.13 Å². The van der Waals surface area contributed by atoms with Crippen LogP contribution in [0.15, 0.2) is 35.7 Å². The lowest BCUT2D eigenvalue weighted by Crippen LogP contribution is -2.00. The summed E-state index contributed by atoms with van der Waals surface area (Å²) < 4.78 is 18.0. The van der Waals surface area contributed by atoms with Crippen LogP contribution in [0.4, 0.5) is 10.1 Å². The Kier molecular flexibility index (Phi) is 3.41. The van der Waals surface area contributed by atoms with Gasteiger partial charge in [-0.05, 0) is 23.6 Å². The zero-order chi connectivity index (χ0) is 11.4. The van der Waals surface area contributed by atoms with E-state index in [1.807, 2.05) is 17.5 Å². The molecule has 2 rings (SSSR count). The Morgan fingerprint density at radius 3 is 2.94 bits per heavy atom. The molecule has 0 spiro atoms. The van der Waals surface area contributed by atoms with E-state index in [-0.39, 0.29) is 5.82 Å². The molecule has 0 radical (unpaired) electrons. The fourth-order valence-corrected chi connectivity index (χ4v) is 2.05. The highest BCUT2D eigenvalue weighted by Crippen LogP contribution is 2.25. The van der Waals surface area contributed by atoms with Crippen molar-refractivity contribution in [2.75, 3.05) is 12.4 Å². The first-order valence-electron chi connectivity index (χ1n) is 4.89. The molecule has 0 aliphatic rings. The first-order chi connectivity index (χ1) is 7.79. The lowest BCUT2D eigenvalue weighted by Gasteiger charge is -2.10. The molecule has 0 unspecified atom stereocenters. The molecule has 0 aliphatic carbocycles. The number of halogens is 1. The molecule has 16 heavy (non-hydrogen) atoms. The minimum Gasteiger partial charge on any atom is -0.494 e. The van der Waals surface area contributed by atoms with Gasteiger partial charge >= 0.3 is 0 Å². The summed E-state index contributed by atoms with van der Waals surface area (Å²) in [4.78, 5) is 1.23. The van der Waals surface area contributed by atoms with Gasteiger partial charge in [-0.3, -0.25) is 0 Å². The molecule has 0 amide bonds. The second kappa shape index (κ2) is 4.99. The topological polar surface area (TPSA) is 21.3 Å². The second-order valence-corrected chi connectivity index (χ2v) is 4.31. The van der Waals surface area contributed by atoms with Crippen LogP contribution in [0.25, 0.3) is 0 Å². The van der Waals surface area contributed by atoms with E-state index in [0.717, 1.165) is 12.2 Å². The molecule has 0 atom stereocenters. The molecule has 1 aromatic carbocycles. The van der Waals surface area contributed by atoms with Crippen LogP contribution in [0.2, 0.25) is 0 Å². The second-order valence-electron chi connectivity index (χ2n) is 3.28. The molecule has 2 nitrogen and oxygen atoms in total. The highest BCUT2D eigenvalue weighted by atomic mass is 32.1. The summed E-state index contributed by atoms with van der Waals surface area (Å²) in [7, 11) is 1.53. The maximum atomic E-state index is 12.9. The standard InChI is InChI=1S/C12H12FNOS/c1-15-12-7-9(13)4-5-11(12)14-8-10-3-2-6-16-10/h2-7,14H,8H2,1H3. The first-order valence-corrected chi connectivity index (χ1v) is 5.77. The highest BCUT2D eigenvalue weighted by Gasteiger charge is 2.04. The van der Waals surface area contributed by atoms with E-state index in [2.05, 4.69) is 5.32 Å². The Balaban J connectivity index is 2.09. The average Bonchev–Trinajstić information content (AvgIpc) is 2.80. The zero-order valence-corrected chi connectivity index (χ0v) is 9.68. The summed E-state index contributed by atoms with van der Waals surface area (Å²) >= 11 is 1.68. The normalized spacial score (nSPS) is 10.1. The molecule has 1 N–H and O–H groups in total. The van der Waals surface area contributed by atoms with Crippen molar-refractivity contribution in [3.8, 4) is 5.75 Å². The number of rotatable bonds is 4. The smallest absolute Gasteiger partial charge is 0.144 e. The molecular weight excluding hydrogens is 225 g/mol. The van der Waals surface area contributed by atoms with E-state index in [1.165, 1.54) is 24.1 Å². The van der Waals surface area contributed by atoms with Gasteiger partial charge in [0.1, 0.15) is 11.6 Å². The molecule has 0 bridgehead atoms.